The normalized spacial score (nSPS) is 16.2. The first-order chi connectivity index (χ1) is 13.7. The number of hydrogen-bond donors (Lipinski definition) is 3. The van der Waals surface area contributed by atoms with E-state index in [4.69, 9.17) is 11.6 Å². The van der Waals surface area contributed by atoms with Crippen LogP contribution in [-0.2, 0) is 6.54 Å². The first-order valence-electron chi connectivity index (χ1n) is 10.00. The molecule has 3 aromatic rings. The lowest BCUT2D eigenvalue weighted by atomic mass is 9.81. The molecule has 0 aliphatic heterocycles. The summed E-state index contributed by atoms with van der Waals surface area (Å²) in [5.41, 5.74) is 2.67. The average molecular weight is 396 g/mol. The zero-order chi connectivity index (χ0) is 19.4. The lowest BCUT2D eigenvalue weighted by Crippen LogP contribution is -2.54. The number of nitrogens with one attached hydrogen (secondary N) is 3. The zero-order valence-electron chi connectivity index (χ0n) is 15.9. The maximum Gasteiger partial charge on any atom is 0.252 e. The summed E-state index contributed by atoms with van der Waals surface area (Å²) in [4.78, 5) is 16.0. The van der Waals surface area contributed by atoms with Gasteiger partial charge in [-0.3, -0.25) is 4.79 Å². The molecule has 1 aromatic heterocycles. The molecule has 0 unspecified atom stereocenters. The highest BCUT2D eigenvalue weighted by atomic mass is 35.5. The Hall–Kier alpha value is -2.30. The Morgan fingerprint density at radius 3 is 2.61 bits per heavy atom. The van der Waals surface area contributed by atoms with E-state index in [2.05, 4.69) is 39.9 Å². The van der Waals surface area contributed by atoms with E-state index in [0.717, 1.165) is 30.3 Å². The molecular weight excluding hydrogens is 370 g/mol. The van der Waals surface area contributed by atoms with Crippen molar-refractivity contribution in [1.29, 1.82) is 0 Å². The van der Waals surface area contributed by atoms with E-state index in [9.17, 15) is 4.79 Å². The van der Waals surface area contributed by atoms with Gasteiger partial charge < -0.3 is 15.6 Å². The number of carbonyl (C=O) groups excluding carboxylic acids is 1. The maximum atomic E-state index is 12.9. The quantitative estimate of drug-likeness (QED) is 0.547. The van der Waals surface area contributed by atoms with Crippen LogP contribution >= 0.6 is 11.6 Å². The summed E-state index contributed by atoms with van der Waals surface area (Å²) in [6.07, 6.45) is 7.62. The predicted molar refractivity (Wildman–Crippen MR) is 115 cm³/mol. The Morgan fingerprint density at radius 1 is 1.04 bits per heavy atom. The van der Waals surface area contributed by atoms with Crippen LogP contribution in [0.5, 0.6) is 0 Å². The molecule has 5 heteroatoms. The summed E-state index contributed by atoms with van der Waals surface area (Å²) in [5.74, 6) is -0.112. The van der Waals surface area contributed by atoms with Crippen molar-refractivity contribution in [2.75, 3.05) is 6.54 Å². The summed E-state index contributed by atoms with van der Waals surface area (Å²) in [5, 5.41) is 8.28. The molecule has 146 valence electrons. The topological polar surface area (TPSA) is 56.9 Å². The van der Waals surface area contributed by atoms with Crippen molar-refractivity contribution < 1.29 is 4.79 Å². The highest BCUT2D eigenvalue weighted by Crippen LogP contribution is 2.29. The van der Waals surface area contributed by atoms with E-state index in [1.165, 1.54) is 24.8 Å². The molecule has 3 N–H and O–H groups in total. The lowest BCUT2D eigenvalue weighted by molar-refractivity contribution is 0.0928. The molecule has 0 atom stereocenters. The third-order valence-electron chi connectivity index (χ3n) is 5.82. The number of halogens is 1. The maximum absolute atomic E-state index is 12.9. The van der Waals surface area contributed by atoms with Crippen LogP contribution < -0.4 is 10.6 Å². The number of aromatic amines is 1. The van der Waals surface area contributed by atoms with E-state index >= 15 is 0 Å². The Balaban J connectivity index is 1.45. The summed E-state index contributed by atoms with van der Waals surface area (Å²) in [7, 11) is 0. The van der Waals surface area contributed by atoms with Gasteiger partial charge in [0.2, 0.25) is 0 Å². The zero-order valence-corrected chi connectivity index (χ0v) is 16.7. The molecule has 0 bridgehead atoms. The van der Waals surface area contributed by atoms with Gasteiger partial charge in [-0.2, -0.15) is 0 Å². The van der Waals surface area contributed by atoms with Crippen LogP contribution in [0.15, 0.2) is 54.7 Å². The van der Waals surface area contributed by atoms with Crippen molar-refractivity contribution in [2.45, 2.75) is 44.2 Å². The van der Waals surface area contributed by atoms with E-state index < -0.39 is 0 Å². The molecule has 1 saturated carbocycles. The fourth-order valence-corrected chi connectivity index (χ4v) is 4.46. The van der Waals surface area contributed by atoms with Crippen LogP contribution in [0.1, 0.15) is 48.0 Å². The Kier molecular flexibility index (Phi) is 5.69. The second kappa shape index (κ2) is 8.38. The molecule has 4 rings (SSSR count). The number of amides is 1. The molecule has 1 fully saturated rings. The molecule has 1 amide bonds. The first-order valence-corrected chi connectivity index (χ1v) is 10.4. The highest BCUT2D eigenvalue weighted by molar-refractivity contribution is 6.38. The van der Waals surface area contributed by atoms with Gasteiger partial charge in [-0.1, -0.05) is 61.2 Å². The molecule has 4 nitrogen and oxygen atoms in total. The number of fused-ring (bicyclic) bond motifs is 1. The van der Waals surface area contributed by atoms with Gasteiger partial charge >= 0.3 is 0 Å². The van der Waals surface area contributed by atoms with Gasteiger partial charge in [-0.25, -0.2) is 0 Å². The Bertz CT molecular complexity index is 945. The number of aromatic nitrogens is 1. The average Bonchev–Trinajstić information content (AvgIpc) is 3.22. The number of carbonyl (C=O) groups is 1. The van der Waals surface area contributed by atoms with Crippen molar-refractivity contribution in [3.63, 3.8) is 0 Å². The van der Waals surface area contributed by atoms with E-state index in [1.807, 2.05) is 24.4 Å². The van der Waals surface area contributed by atoms with Gasteiger partial charge in [-0.05, 0) is 36.6 Å². The molecule has 28 heavy (non-hydrogen) atoms. The summed E-state index contributed by atoms with van der Waals surface area (Å²) in [6.45, 7) is 1.42. The van der Waals surface area contributed by atoms with Gasteiger partial charge in [0.1, 0.15) is 0 Å². The fourth-order valence-electron chi connectivity index (χ4n) is 4.15. The summed E-state index contributed by atoms with van der Waals surface area (Å²) in [6, 6.07) is 16.0. The van der Waals surface area contributed by atoms with Gasteiger partial charge in [0, 0.05) is 35.7 Å². The first kappa shape index (κ1) is 19.0. The molecule has 0 spiro atoms. The van der Waals surface area contributed by atoms with Crippen LogP contribution in [0.25, 0.3) is 10.9 Å². The van der Waals surface area contributed by atoms with Crippen LogP contribution in [0.3, 0.4) is 0 Å². The molecule has 1 aliphatic carbocycles. The van der Waals surface area contributed by atoms with E-state index in [-0.39, 0.29) is 11.4 Å². The highest BCUT2D eigenvalue weighted by Gasteiger charge is 2.32. The molecule has 2 aromatic carbocycles. The number of benzene rings is 2. The second-order valence-electron chi connectivity index (χ2n) is 7.73. The van der Waals surface area contributed by atoms with Gasteiger partial charge in [-0.15, -0.1) is 0 Å². The van der Waals surface area contributed by atoms with Crippen LogP contribution in [0, 0.1) is 0 Å². The SMILES string of the molecule is O=C(NCC1(NCc2ccccc2)CCCCC1)c1ccc2[nH]ccc2c1Cl. The van der Waals surface area contributed by atoms with E-state index in [1.54, 1.807) is 6.07 Å². The predicted octanol–water partition coefficient (Wildman–Crippen LogP) is 5.04. The molecule has 1 aliphatic rings. The molecular formula is C23H26ClN3O. The van der Waals surface area contributed by atoms with Crippen molar-refractivity contribution >= 4 is 28.4 Å². The van der Waals surface area contributed by atoms with Crippen molar-refractivity contribution in [1.82, 2.24) is 15.6 Å². The third kappa shape index (κ3) is 4.08. The number of rotatable bonds is 6. The molecule has 0 saturated heterocycles. The number of hydrogen-bond acceptors (Lipinski definition) is 2. The Labute approximate surface area is 170 Å². The largest absolute Gasteiger partial charge is 0.361 e. The minimum atomic E-state index is -0.112. The third-order valence-corrected chi connectivity index (χ3v) is 6.23. The summed E-state index contributed by atoms with van der Waals surface area (Å²) < 4.78 is 0. The molecule has 0 radical (unpaired) electrons. The minimum Gasteiger partial charge on any atom is -0.361 e. The van der Waals surface area contributed by atoms with Crippen LogP contribution in [-0.4, -0.2) is 23.0 Å². The lowest BCUT2D eigenvalue weighted by Gasteiger charge is -2.38. The Morgan fingerprint density at radius 2 is 1.82 bits per heavy atom. The van der Waals surface area contributed by atoms with Crippen molar-refractivity contribution in [3.05, 3.63) is 70.9 Å². The summed E-state index contributed by atoms with van der Waals surface area (Å²) >= 11 is 6.48. The van der Waals surface area contributed by atoms with Crippen LogP contribution in [0.4, 0.5) is 0 Å². The number of H-pyrrole nitrogens is 1. The molecule has 1 heterocycles. The van der Waals surface area contributed by atoms with E-state index in [0.29, 0.717) is 17.1 Å². The smallest absolute Gasteiger partial charge is 0.252 e. The van der Waals surface area contributed by atoms with Crippen LogP contribution in [0.2, 0.25) is 5.02 Å². The minimum absolute atomic E-state index is 0.0611. The second-order valence-corrected chi connectivity index (χ2v) is 8.11. The van der Waals surface area contributed by atoms with Gasteiger partial charge in [0.05, 0.1) is 10.6 Å². The van der Waals surface area contributed by atoms with Gasteiger partial charge in [0.15, 0.2) is 0 Å². The van der Waals surface area contributed by atoms with Gasteiger partial charge in [0.25, 0.3) is 5.91 Å². The standard InChI is InChI=1S/C23H26ClN3O/c24-21-18-11-14-25-20(18)10-9-19(21)22(28)26-16-23(12-5-2-6-13-23)27-15-17-7-3-1-4-8-17/h1,3-4,7-11,14,25,27H,2,5-6,12-13,15-16H2,(H,26,28). The van der Waals surface area contributed by atoms with Crippen molar-refractivity contribution in [2.24, 2.45) is 0 Å². The van der Waals surface area contributed by atoms with Crippen molar-refractivity contribution in [3.8, 4) is 0 Å². The fraction of sp³-hybridized carbons (Fsp3) is 0.348. The monoisotopic (exact) mass is 395 g/mol.